The third-order valence-electron chi connectivity index (χ3n) is 1.56. The van der Waals surface area contributed by atoms with Gasteiger partial charge in [-0.1, -0.05) is 29.8 Å². The summed E-state index contributed by atoms with van der Waals surface area (Å²) in [7, 11) is 1.70. The summed E-state index contributed by atoms with van der Waals surface area (Å²) >= 11 is 0. The van der Waals surface area contributed by atoms with Gasteiger partial charge in [0, 0.05) is 13.5 Å². The maximum atomic E-state index is 4.92. The number of benzene rings is 1. The highest BCUT2D eigenvalue weighted by molar-refractivity contribution is 5.26. The molecular weight excluding hydrogens is 136 g/mol. The highest BCUT2D eigenvalue weighted by Gasteiger charge is 1.90. The first-order chi connectivity index (χ1) is 5.33. The van der Waals surface area contributed by atoms with Crippen LogP contribution in [0, 0.1) is 13.3 Å². The molecule has 0 aliphatic carbocycles. The minimum absolute atomic E-state index is 0.684. The third kappa shape index (κ3) is 2.72. The Morgan fingerprint density at radius 2 is 1.91 bits per heavy atom. The number of ether oxygens (including phenoxy) is 1. The molecule has 1 nitrogen and oxygen atoms in total. The molecule has 59 valence electrons. The number of rotatable bonds is 3. The maximum absolute atomic E-state index is 4.92. The van der Waals surface area contributed by atoms with Crippen molar-refractivity contribution in [2.45, 2.75) is 6.92 Å². The van der Waals surface area contributed by atoms with Crippen LogP contribution < -0.4 is 0 Å². The lowest BCUT2D eigenvalue weighted by Gasteiger charge is -1.99. The zero-order valence-electron chi connectivity index (χ0n) is 7.00. The highest BCUT2D eigenvalue weighted by Crippen LogP contribution is 2.04. The van der Waals surface area contributed by atoms with E-state index in [0.29, 0.717) is 6.61 Å². The Balaban J connectivity index is 2.52. The predicted octanol–water partition coefficient (Wildman–Crippen LogP) is 2.19. The van der Waals surface area contributed by atoms with Crippen LogP contribution in [0.25, 0.3) is 0 Å². The molecule has 0 spiro atoms. The topological polar surface area (TPSA) is 9.23 Å². The summed E-state index contributed by atoms with van der Waals surface area (Å²) < 4.78 is 4.92. The molecule has 1 aromatic carbocycles. The lowest BCUT2D eigenvalue weighted by Crippen LogP contribution is -1.90. The van der Waals surface area contributed by atoms with E-state index in [0.717, 1.165) is 0 Å². The Morgan fingerprint density at radius 3 is 2.45 bits per heavy atom. The van der Waals surface area contributed by atoms with Gasteiger partial charge >= 0.3 is 0 Å². The Labute approximate surface area is 68.0 Å². The molecule has 0 heterocycles. The fraction of sp³-hybridized carbons (Fsp3) is 0.300. The van der Waals surface area contributed by atoms with E-state index >= 15 is 0 Å². The highest BCUT2D eigenvalue weighted by atomic mass is 16.5. The van der Waals surface area contributed by atoms with Crippen molar-refractivity contribution in [3.05, 3.63) is 41.8 Å². The maximum Gasteiger partial charge on any atom is 0.0537 e. The second kappa shape index (κ2) is 4.14. The molecule has 1 heteroatoms. The molecule has 1 aromatic rings. The van der Waals surface area contributed by atoms with Crippen LogP contribution in [0.1, 0.15) is 11.1 Å². The van der Waals surface area contributed by atoms with Crippen LogP contribution in [0.3, 0.4) is 0 Å². The van der Waals surface area contributed by atoms with Crippen LogP contribution in [0.15, 0.2) is 24.3 Å². The Hall–Kier alpha value is -0.820. The van der Waals surface area contributed by atoms with E-state index < -0.39 is 0 Å². The van der Waals surface area contributed by atoms with E-state index in [1.807, 2.05) is 0 Å². The average molecular weight is 149 g/mol. The fourth-order valence-corrected chi connectivity index (χ4v) is 0.882. The number of aryl methyl sites for hydroxylation is 1. The second-order valence-corrected chi connectivity index (χ2v) is 2.57. The van der Waals surface area contributed by atoms with Crippen molar-refractivity contribution in [3.63, 3.8) is 0 Å². The molecule has 0 unspecified atom stereocenters. The molecule has 0 atom stereocenters. The summed E-state index contributed by atoms with van der Waals surface area (Å²) in [6, 6.07) is 8.38. The van der Waals surface area contributed by atoms with Gasteiger partial charge < -0.3 is 4.74 Å². The second-order valence-electron chi connectivity index (χ2n) is 2.57. The number of methoxy groups -OCH3 is 1. The summed E-state index contributed by atoms with van der Waals surface area (Å²) in [6.45, 7) is 2.77. The van der Waals surface area contributed by atoms with Gasteiger partial charge in [0.25, 0.3) is 0 Å². The lowest BCUT2D eigenvalue weighted by molar-refractivity contribution is 0.225. The largest absolute Gasteiger partial charge is 0.384 e. The minimum Gasteiger partial charge on any atom is -0.384 e. The predicted molar refractivity (Wildman–Crippen MR) is 46.5 cm³/mol. The first kappa shape index (κ1) is 8.28. The summed E-state index contributed by atoms with van der Waals surface area (Å²) in [5.74, 6) is 0. The number of hydrogen-bond acceptors (Lipinski definition) is 1. The quantitative estimate of drug-likeness (QED) is 0.640. The summed E-state index contributed by atoms with van der Waals surface area (Å²) in [6.07, 6.45) is 2.06. The Bertz CT molecular complexity index is 201. The SMILES string of the molecule is COC[CH]c1ccc(C)cc1. The Kier molecular flexibility index (Phi) is 3.12. The van der Waals surface area contributed by atoms with Crippen LogP contribution in [0.2, 0.25) is 0 Å². The van der Waals surface area contributed by atoms with E-state index in [-0.39, 0.29) is 0 Å². The smallest absolute Gasteiger partial charge is 0.0537 e. The first-order valence-corrected chi connectivity index (χ1v) is 3.72. The molecule has 0 aromatic heterocycles. The van der Waals surface area contributed by atoms with Gasteiger partial charge in [0.05, 0.1) is 6.61 Å². The standard InChI is InChI=1S/C10H13O/c1-9-3-5-10(6-4-9)7-8-11-2/h3-7H,8H2,1-2H3. The van der Waals surface area contributed by atoms with E-state index in [1.165, 1.54) is 11.1 Å². The molecule has 0 fully saturated rings. The van der Waals surface area contributed by atoms with E-state index in [1.54, 1.807) is 7.11 Å². The summed E-state index contributed by atoms with van der Waals surface area (Å²) in [4.78, 5) is 0. The van der Waals surface area contributed by atoms with E-state index in [2.05, 4.69) is 37.6 Å². The molecule has 0 saturated carbocycles. The summed E-state index contributed by atoms with van der Waals surface area (Å²) in [5, 5.41) is 0. The van der Waals surface area contributed by atoms with Crippen LogP contribution in [0.4, 0.5) is 0 Å². The van der Waals surface area contributed by atoms with Crippen LogP contribution in [-0.4, -0.2) is 13.7 Å². The normalized spacial score (nSPS) is 10.0. The van der Waals surface area contributed by atoms with Gasteiger partial charge in [-0.2, -0.15) is 0 Å². The van der Waals surface area contributed by atoms with Crippen molar-refractivity contribution in [3.8, 4) is 0 Å². The molecule has 0 aliphatic heterocycles. The van der Waals surface area contributed by atoms with Gasteiger partial charge in [-0.15, -0.1) is 0 Å². The van der Waals surface area contributed by atoms with Crippen molar-refractivity contribution < 1.29 is 4.74 Å². The molecule has 0 aliphatic rings. The van der Waals surface area contributed by atoms with E-state index in [4.69, 9.17) is 4.74 Å². The molecule has 0 saturated heterocycles. The zero-order chi connectivity index (χ0) is 8.10. The van der Waals surface area contributed by atoms with Crippen molar-refractivity contribution in [2.24, 2.45) is 0 Å². The summed E-state index contributed by atoms with van der Waals surface area (Å²) in [5.41, 5.74) is 2.51. The molecular formula is C10H13O. The number of hydrogen-bond donors (Lipinski definition) is 0. The minimum atomic E-state index is 0.684. The molecule has 11 heavy (non-hydrogen) atoms. The van der Waals surface area contributed by atoms with Gasteiger partial charge in [0.15, 0.2) is 0 Å². The molecule has 1 radical (unpaired) electrons. The van der Waals surface area contributed by atoms with Crippen molar-refractivity contribution in [1.82, 2.24) is 0 Å². The molecule has 0 bridgehead atoms. The van der Waals surface area contributed by atoms with E-state index in [9.17, 15) is 0 Å². The third-order valence-corrected chi connectivity index (χ3v) is 1.56. The lowest BCUT2D eigenvalue weighted by atomic mass is 10.1. The van der Waals surface area contributed by atoms with Gasteiger partial charge in [-0.05, 0) is 12.5 Å². The Morgan fingerprint density at radius 1 is 1.27 bits per heavy atom. The van der Waals surface area contributed by atoms with Gasteiger partial charge in [0.2, 0.25) is 0 Å². The average Bonchev–Trinajstić information content (AvgIpc) is 2.04. The van der Waals surface area contributed by atoms with Gasteiger partial charge in [0.1, 0.15) is 0 Å². The molecule has 0 amide bonds. The van der Waals surface area contributed by atoms with Crippen molar-refractivity contribution in [1.29, 1.82) is 0 Å². The zero-order valence-corrected chi connectivity index (χ0v) is 7.00. The van der Waals surface area contributed by atoms with Gasteiger partial charge in [-0.25, -0.2) is 0 Å². The van der Waals surface area contributed by atoms with Crippen LogP contribution >= 0.6 is 0 Å². The van der Waals surface area contributed by atoms with Crippen molar-refractivity contribution in [2.75, 3.05) is 13.7 Å². The monoisotopic (exact) mass is 149 g/mol. The van der Waals surface area contributed by atoms with Crippen LogP contribution in [-0.2, 0) is 4.74 Å². The molecule has 1 rings (SSSR count). The first-order valence-electron chi connectivity index (χ1n) is 3.72. The van der Waals surface area contributed by atoms with Crippen LogP contribution in [0.5, 0.6) is 0 Å². The van der Waals surface area contributed by atoms with Crippen molar-refractivity contribution >= 4 is 0 Å². The van der Waals surface area contributed by atoms with Gasteiger partial charge in [-0.3, -0.25) is 0 Å². The molecule has 0 N–H and O–H groups in total. The fourth-order valence-electron chi connectivity index (χ4n) is 0.882.